The Morgan fingerprint density at radius 3 is 1.46 bits per heavy atom. The van der Waals surface area contributed by atoms with Gasteiger partial charge in [0.05, 0.1) is 26.4 Å². The van der Waals surface area contributed by atoms with E-state index >= 15 is 0 Å². The Bertz CT molecular complexity index is 1140. The van der Waals surface area contributed by atoms with E-state index in [2.05, 4.69) is 38.2 Å². The van der Waals surface area contributed by atoms with Crippen LogP contribution in [-0.4, -0.2) is 142 Å². The fourth-order valence-corrected chi connectivity index (χ4v) is 7.80. The lowest BCUT2D eigenvalue weighted by atomic mass is 9.98. The van der Waals surface area contributed by atoms with Crippen molar-refractivity contribution in [1.29, 1.82) is 0 Å². The maximum atomic E-state index is 13.0. The summed E-state index contributed by atoms with van der Waals surface area (Å²) in [6.45, 7) is 3.65. The highest BCUT2D eigenvalue weighted by Gasteiger charge is 2.47. The predicted octanol–water partition coefficient (Wildman–Crippen LogP) is 6.85. The van der Waals surface area contributed by atoms with Gasteiger partial charge < -0.3 is 64.2 Å². The lowest BCUT2D eigenvalue weighted by Gasteiger charge is -2.42. The average molecular weight is 903 g/mol. The predicted molar refractivity (Wildman–Crippen MR) is 243 cm³/mol. The topological polar surface area (TPSA) is 214 Å². The van der Waals surface area contributed by atoms with E-state index in [1.54, 1.807) is 0 Å². The van der Waals surface area contributed by atoms with E-state index in [9.17, 15) is 40.5 Å². The van der Waals surface area contributed by atoms with Crippen molar-refractivity contribution >= 4 is 5.97 Å². The molecular formula is C49H90O14. The van der Waals surface area contributed by atoms with Gasteiger partial charge in [-0.05, 0) is 64.2 Å². The van der Waals surface area contributed by atoms with Crippen molar-refractivity contribution in [2.24, 2.45) is 0 Å². The molecule has 2 aliphatic heterocycles. The minimum Gasteiger partial charge on any atom is -0.457 e. The van der Waals surface area contributed by atoms with E-state index in [0.717, 1.165) is 64.2 Å². The largest absolute Gasteiger partial charge is 0.457 e. The number of ether oxygens (including phenoxy) is 6. The summed E-state index contributed by atoms with van der Waals surface area (Å²) in [6, 6.07) is 0. The lowest BCUT2D eigenvalue weighted by molar-refractivity contribution is -0.332. The maximum absolute atomic E-state index is 13.0. The molecule has 2 heterocycles. The molecule has 0 aliphatic carbocycles. The molecular weight excluding hydrogens is 813 g/mol. The van der Waals surface area contributed by atoms with Gasteiger partial charge in [-0.2, -0.15) is 0 Å². The molecule has 2 fully saturated rings. The van der Waals surface area contributed by atoms with Crippen LogP contribution in [0.2, 0.25) is 0 Å². The Balaban J connectivity index is 1.79. The van der Waals surface area contributed by atoms with E-state index < -0.39 is 80.7 Å². The smallest absolute Gasteiger partial charge is 0.306 e. The van der Waals surface area contributed by atoms with Gasteiger partial charge in [-0.3, -0.25) is 4.79 Å². The molecule has 63 heavy (non-hydrogen) atoms. The van der Waals surface area contributed by atoms with E-state index in [-0.39, 0.29) is 25.6 Å². The molecule has 370 valence electrons. The molecule has 2 saturated heterocycles. The highest BCUT2D eigenvalue weighted by molar-refractivity contribution is 5.69. The highest BCUT2D eigenvalue weighted by Crippen LogP contribution is 2.26. The fraction of sp³-hybridized carbons (Fsp3) is 0.898. The summed E-state index contributed by atoms with van der Waals surface area (Å²) in [6.07, 6.45) is 22.4. The number of aliphatic hydroxyl groups is 7. The molecule has 0 aromatic carbocycles. The van der Waals surface area contributed by atoms with Crippen molar-refractivity contribution < 1.29 is 69.0 Å². The van der Waals surface area contributed by atoms with Crippen LogP contribution in [0, 0.1) is 0 Å². The van der Waals surface area contributed by atoms with Crippen molar-refractivity contribution in [1.82, 2.24) is 0 Å². The number of unbranched alkanes of at least 4 members (excludes halogenated alkanes) is 21. The van der Waals surface area contributed by atoms with Crippen molar-refractivity contribution in [2.45, 2.75) is 248 Å². The molecule has 11 atom stereocenters. The molecule has 11 unspecified atom stereocenters. The van der Waals surface area contributed by atoms with Crippen molar-refractivity contribution in [2.75, 3.05) is 33.0 Å². The van der Waals surface area contributed by atoms with E-state index in [1.807, 2.05) is 0 Å². The number of hydrogen-bond acceptors (Lipinski definition) is 14. The second kappa shape index (κ2) is 37.5. The minimum absolute atomic E-state index is 0.0561. The fourth-order valence-electron chi connectivity index (χ4n) is 7.80. The molecule has 14 nitrogen and oxygen atoms in total. The monoisotopic (exact) mass is 903 g/mol. The van der Waals surface area contributed by atoms with Crippen molar-refractivity contribution in [3.8, 4) is 0 Å². The molecule has 14 heteroatoms. The summed E-state index contributed by atoms with van der Waals surface area (Å²) in [7, 11) is 0. The standard InChI is InChI=1S/C49H90O14/c1-3-5-7-9-11-13-15-17-19-20-22-24-26-28-30-32-41(51)61-38(35-58-33-31-29-27-25-23-21-18-16-14-12-10-8-6-4-2)36-59-48-47(57)45(55)43(53)40(63-48)37-60-49-46(56)44(54)42(52)39(34-50)62-49/h14,16-17,19,38-40,42-50,52-57H,3-13,15,18,20-37H2,1-2H3/b16-14-,19-17-. The van der Waals surface area contributed by atoms with Gasteiger partial charge in [0.1, 0.15) is 54.9 Å². The van der Waals surface area contributed by atoms with Crippen molar-refractivity contribution in [3.63, 3.8) is 0 Å². The van der Waals surface area contributed by atoms with E-state index in [1.165, 1.54) is 89.9 Å². The number of rotatable bonds is 39. The first-order valence-corrected chi connectivity index (χ1v) is 24.9. The van der Waals surface area contributed by atoms with E-state index in [4.69, 9.17) is 28.4 Å². The van der Waals surface area contributed by atoms with Crippen LogP contribution >= 0.6 is 0 Å². The Labute approximate surface area is 379 Å². The average Bonchev–Trinajstić information content (AvgIpc) is 3.28. The van der Waals surface area contributed by atoms with Gasteiger partial charge in [0.2, 0.25) is 0 Å². The second-order valence-corrected chi connectivity index (χ2v) is 17.6. The lowest BCUT2D eigenvalue weighted by Crippen LogP contribution is -2.61. The van der Waals surface area contributed by atoms with Crippen LogP contribution < -0.4 is 0 Å². The van der Waals surface area contributed by atoms with Gasteiger partial charge in [0.15, 0.2) is 12.6 Å². The number of carbonyl (C=O) groups excluding carboxylic acids is 1. The third kappa shape index (κ3) is 25.8. The Hall–Kier alpha value is -1.53. The summed E-state index contributed by atoms with van der Waals surface area (Å²) >= 11 is 0. The summed E-state index contributed by atoms with van der Waals surface area (Å²) in [5, 5.41) is 72.0. The minimum atomic E-state index is -1.71. The van der Waals surface area contributed by atoms with Crippen LogP contribution in [0.3, 0.4) is 0 Å². The molecule has 0 aromatic rings. The maximum Gasteiger partial charge on any atom is 0.306 e. The van der Waals surface area contributed by atoms with Gasteiger partial charge in [-0.25, -0.2) is 0 Å². The number of hydrogen-bond donors (Lipinski definition) is 7. The van der Waals surface area contributed by atoms with Crippen LogP contribution in [0.4, 0.5) is 0 Å². The molecule has 0 spiro atoms. The summed E-state index contributed by atoms with van der Waals surface area (Å²) in [4.78, 5) is 13.0. The molecule has 2 rings (SSSR count). The van der Waals surface area contributed by atoms with Gasteiger partial charge in [-0.15, -0.1) is 0 Å². The molecule has 0 saturated carbocycles. The number of esters is 1. The first kappa shape index (κ1) is 57.6. The SMILES string of the molecule is CCCCCC/C=C\CCCCCCCCOCC(COC1OC(COC2OC(CO)C(O)C(O)C2O)C(O)C(O)C1O)OC(=O)CCCCCCC/C=C\CCCCCCCC. The first-order valence-electron chi connectivity index (χ1n) is 24.9. The quantitative estimate of drug-likeness (QED) is 0.0191. The number of aliphatic hydroxyl groups excluding tert-OH is 7. The van der Waals surface area contributed by atoms with Crippen LogP contribution in [0.5, 0.6) is 0 Å². The molecule has 0 aromatic heterocycles. The summed E-state index contributed by atoms with van der Waals surface area (Å²) in [5.74, 6) is -0.387. The van der Waals surface area contributed by atoms with Gasteiger partial charge in [0, 0.05) is 13.0 Å². The third-order valence-corrected chi connectivity index (χ3v) is 11.9. The zero-order valence-electron chi connectivity index (χ0n) is 39.1. The number of allylic oxidation sites excluding steroid dienone is 4. The first-order chi connectivity index (χ1) is 30.6. The van der Waals surface area contributed by atoms with E-state index in [0.29, 0.717) is 13.0 Å². The van der Waals surface area contributed by atoms with Gasteiger partial charge in [0.25, 0.3) is 0 Å². The molecule has 0 amide bonds. The molecule has 2 aliphatic rings. The Morgan fingerprint density at radius 1 is 0.508 bits per heavy atom. The molecule has 7 N–H and O–H groups in total. The molecule has 0 radical (unpaired) electrons. The highest BCUT2D eigenvalue weighted by atomic mass is 16.7. The van der Waals surface area contributed by atoms with Crippen molar-refractivity contribution in [3.05, 3.63) is 24.3 Å². The summed E-state index contributed by atoms with van der Waals surface area (Å²) in [5.41, 5.74) is 0. The van der Waals surface area contributed by atoms with Crippen LogP contribution in [0.25, 0.3) is 0 Å². The second-order valence-electron chi connectivity index (χ2n) is 17.6. The zero-order valence-corrected chi connectivity index (χ0v) is 39.1. The zero-order chi connectivity index (χ0) is 45.9. The molecule has 0 bridgehead atoms. The Kier molecular flexibility index (Phi) is 34.3. The number of carbonyl (C=O) groups is 1. The normalized spacial score (nSPS) is 27.1. The van der Waals surface area contributed by atoms with Crippen LogP contribution in [-0.2, 0) is 33.2 Å². The van der Waals surface area contributed by atoms with Gasteiger partial charge in [-0.1, -0.05) is 134 Å². The third-order valence-electron chi connectivity index (χ3n) is 11.9. The van der Waals surface area contributed by atoms with Crippen LogP contribution in [0.1, 0.15) is 181 Å². The van der Waals surface area contributed by atoms with Crippen LogP contribution in [0.15, 0.2) is 24.3 Å². The Morgan fingerprint density at radius 2 is 0.937 bits per heavy atom. The van der Waals surface area contributed by atoms with Gasteiger partial charge >= 0.3 is 5.97 Å². The summed E-state index contributed by atoms with van der Waals surface area (Å²) < 4.78 is 34.2.